The highest BCUT2D eigenvalue weighted by molar-refractivity contribution is 5.87. The van der Waals surface area contributed by atoms with Gasteiger partial charge in [0.05, 0.1) is 0 Å². The number of benzene rings is 1. The van der Waals surface area contributed by atoms with Crippen molar-refractivity contribution in [3.63, 3.8) is 0 Å². The Bertz CT molecular complexity index is 349. The number of unbranched alkanes of at least 4 members (excludes halogenated alkanes) is 3. The standard InChI is InChI=1S/C9H16O.C8H8/c1-3-4-5-6-7-8-9(2)10;1-2-8-6-4-3-5-7-8/h7-8H,3-6H2,1-2H3;2-7H,1H2. The lowest BCUT2D eigenvalue weighted by Crippen LogP contribution is -1.79. The molecule has 0 fully saturated rings. The largest absolute Gasteiger partial charge is 0.295 e. The zero-order chi connectivity index (χ0) is 13.6. The van der Waals surface area contributed by atoms with Gasteiger partial charge in [-0.1, -0.05) is 68.8 Å². The highest BCUT2D eigenvalue weighted by atomic mass is 16.1. The Hall–Kier alpha value is -1.63. The topological polar surface area (TPSA) is 17.1 Å². The van der Waals surface area contributed by atoms with Gasteiger partial charge in [-0.05, 0) is 31.4 Å². The van der Waals surface area contributed by atoms with Gasteiger partial charge in [0, 0.05) is 0 Å². The zero-order valence-corrected chi connectivity index (χ0v) is 11.6. The van der Waals surface area contributed by atoms with E-state index in [9.17, 15) is 4.79 Å². The van der Waals surface area contributed by atoms with E-state index in [1.807, 2.05) is 42.5 Å². The molecule has 0 heterocycles. The average Bonchev–Trinajstić information content (AvgIpc) is 2.40. The molecular formula is C17H24O. The summed E-state index contributed by atoms with van der Waals surface area (Å²) in [5, 5.41) is 0. The molecule has 0 bridgehead atoms. The van der Waals surface area contributed by atoms with Crippen molar-refractivity contribution in [2.45, 2.75) is 39.5 Å². The number of rotatable bonds is 6. The first-order chi connectivity index (χ1) is 8.70. The maximum absolute atomic E-state index is 10.4. The van der Waals surface area contributed by atoms with Crippen LogP contribution in [0.25, 0.3) is 6.08 Å². The van der Waals surface area contributed by atoms with Crippen molar-refractivity contribution >= 4 is 11.9 Å². The first-order valence-electron chi connectivity index (χ1n) is 6.55. The van der Waals surface area contributed by atoms with Crippen LogP contribution in [0.5, 0.6) is 0 Å². The Kier molecular flexibility index (Phi) is 10.8. The SMILES string of the molecule is C=Cc1ccccc1.CCCCCC=CC(C)=O. The summed E-state index contributed by atoms with van der Waals surface area (Å²) in [5.74, 6) is 0.150. The zero-order valence-electron chi connectivity index (χ0n) is 11.6. The van der Waals surface area contributed by atoms with Crippen molar-refractivity contribution in [3.05, 3.63) is 54.6 Å². The molecule has 0 aliphatic heterocycles. The predicted octanol–water partition coefficient (Wildman–Crippen LogP) is 5.04. The number of allylic oxidation sites excluding steroid dienone is 2. The van der Waals surface area contributed by atoms with E-state index in [1.54, 1.807) is 13.0 Å². The maximum atomic E-state index is 10.4. The van der Waals surface area contributed by atoms with Crippen molar-refractivity contribution in [3.8, 4) is 0 Å². The summed E-state index contributed by atoms with van der Waals surface area (Å²) < 4.78 is 0. The summed E-state index contributed by atoms with van der Waals surface area (Å²) in [6.45, 7) is 7.39. The van der Waals surface area contributed by atoms with E-state index in [4.69, 9.17) is 0 Å². The first kappa shape index (κ1) is 16.4. The van der Waals surface area contributed by atoms with Crippen LogP contribution in [0.3, 0.4) is 0 Å². The smallest absolute Gasteiger partial charge is 0.152 e. The Labute approximate surface area is 111 Å². The lowest BCUT2D eigenvalue weighted by molar-refractivity contribution is -0.112. The van der Waals surface area contributed by atoms with Gasteiger partial charge in [-0.3, -0.25) is 4.79 Å². The second-order valence-electron chi connectivity index (χ2n) is 4.12. The maximum Gasteiger partial charge on any atom is 0.152 e. The van der Waals surface area contributed by atoms with Gasteiger partial charge in [-0.2, -0.15) is 0 Å². The fourth-order valence-corrected chi connectivity index (χ4v) is 1.35. The minimum Gasteiger partial charge on any atom is -0.295 e. The van der Waals surface area contributed by atoms with Gasteiger partial charge < -0.3 is 0 Å². The third-order valence-electron chi connectivity index (χ3n) is 2.36. The molecule has 18 heavy (non-hydrogen) atoms. The van der Waals surface area contributed by atoms with Gasteiger partial charge in [0.25, 0.3) is 0 Å². The Morgan fingerprint density at radius 3 is 2.33 bits per heavy atom. The highest BCUT2D eigenvalue weighted by Gasteiger charge is 1.83. The molecule has 0 atom stereocenters. The molecule has 0 saturated carbocycles. The molecule has 0 N–H and O–H groups in total. The van der Waals surface area contributed by atoms with Crippen LogP contribution in [-0.2, 0) is 4.79 Å². The van der Waals surface area contributed by atoms with Crippen LogP contribution < -0.4 is 0 Å². The average molecular weight is 244 g/mol. The second-order valence-corrected chi connectivity index (χ2v) is 4.12. The molecule has 0 unspecified atom stereocenters. The van der Waals surface area contributed by atoms with E-state index in [-0.39, 0.29) is 5.78 Å². The lowest BCUT2D eigenvalue weighted by Gasteiger charge is -1.89. The third-order valence-corrected chi connectivity index (χ3v) is 2.36. The van der Waals surface area contributed by atoms with Crippen molar-refractivity contribution in [2.24, 2.45) is 0 Å². The van der Waals surface area contributed by atoms with Crippen molar-refractivity contribution < 1.29 is 4.79 Å². The number of ketones is 1. The summed E-state index contributed by atoms with van der Waals surface area (Å²) in [5.41, 5.74) is 1.17. The van der Waals surface area contributed by atoms with E-state index in [1.165, 1.54) is 24.8 Å². The normalized spacial score (nSPS) is 9.67. The molecular weight excluding hydrogens is 220 g/mol. The van der Waals surface area contributed by atoms with Gasteiger partial charge in [-0.15, -0.1) is 0 Å². The summed E-state index contributed by atoms with van der Waals surface area (Å²) in [4.78, 5) is 10.4. The van der Waals surface area contributed by atoms with E-state index >= 15 is 0 Å². The van der Waals surface area contributed by atoms with Crippen LogP contribution in [0.1, 0.15) is 45.1 Å². The quantitative estimate of drug-likeness (QED) is 0.506. The molecule has 1 rings (SSSR count). The van der Waals surface area contributed by atoms with Crippen LogP contribution in [0.2, 0.25) is 0 Å². The fourth-order valence-electron chi connectivity index (χ4n) is 1.35. The number of carbonyl (C=O) groups is 1. The number of hydrogen-bond donors (Lipinski definition) is 0. The van der Waals surface area contributed by atoms with Crippen molar-refractivity contribution in [2.75, 3.05) is 0 Å². The number of hydrogen-bond acceptors (Lipinski definition) is 1. The van der Waals surface area contributed by atoms with Crippen LogP contribution in [-0.4, -0.2) is 5.78 Å². The molecule has 1 heteroatoms. The first-order valence-corrected chi connectivity index (χ1v) is 6.55. The molecule has 98 valence electrons. The van der Waals surface area contributed by atoms with E-state index in [0.717, 1.165) is 6.42 Å². The minimum absolute atomic E-state index is 0.150. The molecule has 0 saturated heterocycles. The van der Waals surface area contributed by atoms with Gasteiger partial charge >= 0.3 is 0 Å². The van der Waals surface area contributed by atoms with Crippen LogP contribution in [0, 0.1) is 0 Å². The molecule has 0 aliphatic carbocycles. The molecule has 1 nitrogen and oxygen atoms in total. The summed E-state index contributed by atoms with van der Waals surface area (Å²) in [7, 11) is 0. The Morgan fingerprint density at radius 1 is 1.22 bits per heavy atom. The van der Waals surface area contributed by atoms with Crippen LogP contribution >= 0.6 is 0 Å². The second kappa shape index (κ2) is 11.8. The van der Waals surface area contributed by atoms with Crippen molar-refractivity contribution in [1.29, 1.82) is 0 Å². The van der Waals surface area contributed by atoms with E-state index in [2.05, 4.69) is 13.5 Å². The van der Waals surface area contributed by atoms with Gasteiger partial charge in [0.2, 0.25) is 0 Å². The van der Waals surface area contributed by atoms with E-state index in [0.29, 0.717) is 0 Å². The predicted molar refractivity (Wildman–Crippen MR) is 80.5 cm³/mol. The molecule has 1 aromatic rings. The fraction of sp³-hybridized carbons (Fsp3) is 0.353. The minimum atomic E-state index is 0.150. The van der Waals surface area contributed by atoms with Crippen molar-refractivity contribution in [1.82, 2.24) is 0 Å². The lowest BCUT2D eigenvalue weighted by atomic mass is 10.2. The number of carbonyl (C=O) groups excluding carboxylic acids is 1. The molecule has 1 aromatic carbocycles. The Morgan fingerprint density at radius 2 is 1.89 bits per heavy atom. The van der Waals surface area contributed by atoms with Gasteiger partial charge in [-0.25, -0.2) is 0 Å². The highest BCUT2D eigenvalue weighted by Crippen LogP contribution is 1.99. The van der Waals surface area contributed by atoms with Gasteiger partial charge in [0.1, 0.15) is 0 Å². The van der Waals surface area contributed by atoms with Crippen LogP contribution in [0.15, 0.2) is 49.1 Å². The molecule has 0 aromatic heterocycles. The summed E-state index contributed by atoms with van der Waals surface area (Å²) in [6.07, 6.45) is 10.2. The summed E-state index contributed by atoms with van der Waals surface area (Å²) >= 11 is 0. The van der Waals surface area contributed by atoms with E-state index < -0.39 is 0 Å². The van der Waals surface area contributed by atoms with Gasteiger partial charge in [0.15, 0.2) is 5.78 Å². The molecule has 0 radical (unpaired) electrons. The summed E-state index contributed by atoms with van der Waals surface area (Å²) in [6, 6.07) is 10.0. The molecule has 0 aliphatic rings. The molecule has 0 spiro atoms. The van der Waals surface area contributed by atoms with Crippen LogP contribution in [0.4, 0.5) is 0 Å². The Balaban J connectivity index is 0.000000327. The third kappa shape index (κ3) is 10.9. The molecule has 0 amide bonds. The monoisotopic (exact) mass is 244 g/mol.